The number of rotatable bonds is 6. The van der Waals surface area contributed by atoms with Crippen molar-refractivity contribution in [2.75, 3.05) is 24.2 Å². The van der Waals surface area contributed by atoms with Gasteiger partial charge in [0.15, 0.2) is 0 Å². The van der Waals surface area contributed by atoms with Gasteiger partial charge in [0.05, 0.1) is 17.6 Å². The van der Waals surface area contributed by atoms with Crippen molar-refractivity contribution in [1.29, 1.82) is 0 Å². The van der Waals surface area contributed by atoms with Crippen molar-refractivity contribution in [3.8, 4) is 0 Å². The van der Waals surface area contributed by atoms with E-state index in [1.54, 1.807) is 31.0 Å². The number of carbonyl (C=O) groups is 2. The van der Waals surface area contributed by atoms with Crippen molar-refractivity contribution >= 4 is 34.9 Å². The molecule has 1 atom stereocenters. The summed E-state index contributed by atoms with van der Waals surface area (Å²) in [4.78, 5) is 30.5. The van der Waals surface area contributed by atoms with Crippen LogP contribution in [0.15, 0.2) is 30.5 Å². The van der Waals surface area contributed by atoms with Crippen molar-refractivity contribution in [1.82, 2.24) is 9.88 Å². The minimum absolute atomic E-state index is 0.0926. The van der Waals surface area contributed by atoms with Gasteiger partial charge in [-0.15, -0.1) is 0 Å². The summed E-state index contributed by atoms with van der Waals surface area (Å²) in [5, 5.41) is 6.16. The van der Waals surface area contributed by atoms with E-state index in [9.17, 15) is 9.59 Å². The highest BCUT2D eigenvalue weighted by Gasteiger charge is 2.21. The molecule has 0 bridgehead atoms. The van der Waals surface area contributed by atoms with E-state index >= 15 is 0 Å². The Morgan fingerprint density at radius 3 is 2.33 bits per heavy atom. The SMILES string of the molecule is Cc1cc(C)c(NC(=O)CN(C)[C@@H](C)C(=O)Nc2ccc(Cl)cn2)c(C)c1. The predicted octanol–water partition coefficient (Wildman–Crippen LogP) is 3.56. The lowest BCUT2D eigenvalue weighted by atomic mass is 10.1. The van der Waals surface area contributed by atoms with Crippen LogP contribution in [0.2, 0.25) is 5.02 Å². The fourth-order valence-electron chi connectivity index (χ4n) is 2.80. The second-order valence-electron chi connectivity index (χ2n) is 6.76. The third kappa shape index (κ3) is 5.77. The second kappa shape index (κ2) is 8.97. The van der Waals surface area contributed by atoms with Crippen LogP contribution in [0, 0.1) is 20.8 Å². The molecule has 6 nitrogen and oxygen atoms in total. The highest BCUT2D eigenvalue weighted by atomic mass is 35.5. The molecular weight excluding hydrogens is 364 g/mol. The average molecular weight is 389 g/mol. The minimum Gasteiger partial charge on any atom is -0.324 e. The minimum atomic E-state index is -0.506. The molecule has 0 fully saturated rings. The zero-order chi connectivity index (χ0) is 20.1. The van der Waals surface area contributed by atoms with Crippen LogP contribution in [-0.2, 0) is 9.59 Å². The number of carbonyl (C=O) groups excluding carboxylic acids is 2. The topological polar surface area (TPSA) is 74.3 Å². The molecule has 2 rings (SSSR count). The number of anilines is 2. The summed E-state index contributed by atoms with van der Waals surface area (Å²) in [5.41, 5.74) is 4.01. The van der Waals surface area contributed by atoms with Gasteiger partial charge in [0, 0.05) is 11.9 Å². The fourth-order valence-corrected chi connectivity index (χ4v) is 2.91. The summed E-state index contributed by atoms with van der Waals surface area (Å²) in [6, 6.07) is 6.83. The van der Waals surface area contributed by atoms with Crippen LogP contribution in [0.1, 0.15) is 23.6 Å². The van der Waals surface area contributed by atoms with Crippen LogP contribution in [0.4, 0.5) is 11.5 Å². The first-order valence-electron chi connectivity index (χ1n) is 8.67. The van der Waals surface area contributed by atoms with E-state index in [0.29, 0.717) is 10.8 Å². The Labute approximate surface area is 164 Å². The maximum absolute atomic E-state index is 12.4. The van der Waals surface area contributed by atoms with Crippen molar-refractivity contribution in [3.05, 3.63) is 52.2 Å². The van der Waals surface area contributed by atoms with E-state index in [2.05, 4.69) is 15.6 Å². The molecule has 1 aromatic carbocycles. The van der Waals surface area contributed by atoms with Crippen LogP contribution < -0.4 is 10.6 Å². The molecule has 7 heteroatoms. The molecule has 1 aromatic heterocycles. The van der Waals surface area contributed by atoms with Gasteiger partial charge in [0.2, 0.25) is 11.8 Å². The van der Waals surface area contributed by atoms with Gasteiger partial charge in [0.25, 0.3) is 0 Å². The maximum Gasteiger partial charge on any atom is 0.242 e. The number of aryl methyl sites for hydroxylation is 3. The summed E-state index contributed by atoms with van der Waals surface area (Å²) in [7, 11) is 1.73. The number of nitrogens with one attached hydrogen (secondary N) is 2. The highest BCUT2D eigenvalue weighted by Crippen LogP contribution is 2.21. The number of likely N-dealkylation sites (N-methyl/N-ethyl adjacent to an activating group) is 1. The van der Waals surface area contributed by atoms with Gasteiger partial charge in [-0.05, 0) is 58.0 Å². The van der Waals surface area contributed by atoms with Crippen molar-refractivity contribution in [3.63, 3.8) is 0 Å². The standard InChI is InChI=1S/C20H25ClN4O2/c1-12-8-13(2)19(14(3)9-12)24-18(26)11-25(5)15(4)20(27)23-17-7-6-16(21)10-22-17/h6-10,15H,11H2,1-5H3,(H,24,26)(H,22,23,27)/t15-/m0/s1. The average Bonchev–Trinajstić information content (AvgIpc) is 2.59. The molecular formula is C20H25ClN4O2. The molecule has 1 heterocycles. The lowest BCUT2D eigenvalue weighted by Gasteiger charge is -2.23. The first kappa shape index (κ1) is 20.9. The monoisotopic (exact) mass is 388 g/mol. The number of hydrogen-bond acceptors (Lipinski definition) is 4. The summed E-state index contributed by atoms with van der Waals surface area (Å²) in [5.74, 6) is -0.000327. The first-order chi connectivity index (χ1) is 12.7. The fraction of sp³-hybridized carbons (Fsp3) is 0.350. The Balaban J connectivity index is 1.95. The van der Waals surface area contributed by atoms with Gasteiger partial charge in [-0.2, -0.15) is 0 Å². The smallest absolute Gasteiger partial charge is 0.242 e. The van der Waals surface area contributed by atoms with E-state index in [0.717, 1.165) is 22.4 Å². The van der Waals surface area contributed by atoms with Crippen LogP contribution in [0.5, 0.6) is 0 Å². The zero-order valence-electron chi connectivity index (χ0n) is 16.3. The second-order valence-corrected chi connectivity index (χ2v) is 7.20. The molecule has 27 heavy (non-hydrogen) atoms. The van der Waals surface area contributed by atoms with E-state index in [-0.39, 0.29) is 18.4 Å². The highest BCUT2D eigenvalue weighted by molar-refractivity contribution is 6.30. The molecule has 0 aliphatic heterocycles. The number of benzene rings is 1. The molecule has 0 radical (unpaired) electrons. The molecule has 0 aliphatic carbocycles. The number of nitrogens with zero attached hydrogens (tertiary/aromatic N) is 2. The molecule has 144 valence electrons. The summed E-state index contributed by atoms with van der Waals surface area (Å²) in [6.07, 6.45) is 1.46. The normalized spacial score (nSPS) is 12.0. The number of aromatic nitrogens is 1. The van der Waals surface area contributed by atoms with Crippen molar-refractivity contribution in [2.24, 2.45) is 0 Å². The Kier molecular flexibility index (Phi) is 6.93. The van der Waals surface area contributed by atoms with Crippen LogP contribution in [-0.4, -0.2) is 41.3 Å². The Bertz CT molecular complexity index is 813. The van der Waals surface area contributed by atoms with Gasteiger partial charge in [0.1, 0.15) is 5.82 Å². The van der Waals surface area contributed by atoms with E-state index in [4.69, 9.17) is 11.6 Å². The summed E-state index contributed by atoms with van der Waals surface area (Å²) < 4.78 is 0. The quantitative estimate of drug-likeness (QED) is 0.793. The number of amides is 2. The van der Waals surface area contributed by atoms with Gasteiger partial charge in [-0.25, -0.2) is 4.98 Å². The van der Waals surface area contributed by atoms with E-state index in [1.807, 2.05) is 32.9 Å². The molecule has 2 aromatic rings. The summed E-state index contributed by atoms with van der Waals surface area (Å²) >= 11 is 5.79. The lowest BCUT2D eigenvalue weighted by Crippen LogP contribution is -2.43. The third-order valence-electron chi connectivity index (χ3n) is 4.35. The van der Waals surface area contributed by atoms with Crippen LogP contribution in [0.25, 0.3) is 0 Å². The molecule has 0 unspecified atom stereocenters. The Hall–Kier alpha value is -2.44. The van der Waals surface area contributed by atoms with Crippen molar-refractivity contribution in [2.45, 2.75) is 33.7 Å². The van der Waals surface area contributed by atoms with Gasteiger partial charge in [-0.3, -0.25) is 14.5 Å². The van der Waals surface area contributed by atoms with E-state index < -0.39 is 6.04 Å². The van der Waals surface area contributed by atoms with Crippen LogP contribution >= 0.6 is 11.6 Å². The molecule has 0 spiro atoms. The summed E-state index contributed by atoms with van der Waals surface area (Å²) in [6.45, 7) is 7.79. The number of hydrogen-bond donors (Lipinski definition) is 2. The molecule has 2 amide bonds. The molecule has 0 saturated carbocycles. The maximum atomic E-state index is 12.4. The third-order valence-corrected chi connectivity index (χ3v) is 4.58. The Morgan fingerprint density at radius 1 is 1.15 bits per heavy atom. The van der Waals surface area contributed by atoms with Gasteiger partial charge in [-0.1, -0.05) is 29.3 Å². The largest absolute Gasteiger partial charge is 0.324 e. The van der Waals surface area contributed by atoms with Crippen LogP contribution in [0.3, 0.4) is 0 Å². The molecule has 2 N–H and O–H groups in total. The zero-order valence-corrected chi connectivity index (χ0v) is 17.0. The first-order valence-corrected chi connectivity index (χ1v) is 9.05. The van der Waals surface area contributed by atoms with E-state index in [1.165, 1.54) is 6.20 Å². The Morgan fingerprint density at radius 2 is 1.78 bits per heavy atom. The van der Waals surface area contributed by atoms with Crippen molar-refractivity contribution < 1.29 is 9.59 Å². The number of halogens is 1. The predicted molar refractivity (Wildman–Crippen MR) is 109 cm³/mol. The van der Waals surface area contributed by atoms with Gasteiger partial charge >= 0.3 is 0 Å². The molecule has 0 saturated heterocycles. The van der Waals surface area contributed by atoms with Gasteiger partial charge < -0.3 is 10.6 Å². The molecule has 0 aliphatic rings. The number of pyridine rings is 1. The lowest BCUT2D eigenvalue weighted by molar-refractivity contribution is -0.122.